The van der Waals surface area contributed by atoms with Gasteiger partial charge in [-0.15, -0.1) is 0 Å². The average molecular weight is 594 g/mol. The summed E-state index contributed by atoms with van der Waals surface area (Å²) in [6.07, 6.45) is 2.76. The molecule has 13 heteroatoms. The Morgan fingerprint density at radius 1 is 0.857 bits per heavy atom. The van der Waals surface area contributed by atoms with Crippen molar-refractivity contribution in [1.29, 1.82) is 0 Å². The van der Waals surface area contributed by atoms with Gasteiger partial charge in [0.05, 0.1) is 19.7 Å². The monoisotopic (exact) mass is 593 g/mol. The largest absolute Gasteiger partial charge is 0.494 e. The van der Waals surface area contributed by atoms with Crippen LogP contribution in [0.1, 0.15) is 38.2 Å². The second-order valence-corrected chi connectivity index (χ2v) is 10.5. The molecule has 0 aliphatic carbocycles. The number of carbonyl (C=O) groups excluding carboxylic acids is 1. The minimum absolute atomic E-state index is 0.0145. The van der Waals surface area contributed by atoms with Crippen LogP contribution in [0.4, 0.5) is 0 Å². The number of nitrogens with zero attached hydrogens (tertiary/aromatic N) is 3. The number of amides is 1. The quantitative estimate of drug-likeness (QED) is 0.140. The SMILES string of the molecule is CCCNCCc1ccc(OCCCNC(=O)CCC(C(=O)O)N2CCN(CC(=O)O)CCN(CC(=O)O)CC2)cc1. The number of carboxylic acids is 3. The van der Waals surface area contributed by atoms with Crippen molar-refractivity contribution < 1.29 is 39.2 Å². The molecule has 1 fully saturated rings. The van der Waals surface area contributed by atoms with E-state index in [0.717, 1.165) is 31.7 Å². The molecule has 42 heavy (non-hydrogen) atoms. The van der Waals surface area contributed by atoms with Gasteiger partial charge in [0, 0.05) is 52.2 Å². The molecule has 1 aromatic rings. The van der Waals surface area contributed by atoms with Crippen molar-refractivity contribution in [2.24, 2.45) is 0 Å². The third-order valence-corrected chi connectivity index (χ3v) is 7.08. The highest BCUT2D eigenvalue weighted by Crippen LogP contribution is 2.13. The van der Waals surface area contributed by atoms with Crippen molar-refractivity contribution in [1.82, 2.24) is 25.3 Å². The van der Waals surface area contributed by atoms with Crippen LogP contribution in [0.2, 0.25) is 0 Å². The smallest absolute Gasteiger partial charge is 0.320 e. The summed E-state index contributed by atoms with van der Waals surface area (Å²) < 4.78 is 5.76. The van der Waals surface area contributed by atoms with Gasteiger partial charge >= 0.3 is 17.9 Å². The van der Waals surface area contributed by atoms with E-state index in [1.807, 2.05) is 24.3 Å². The van der Waals surface area contributed by atoms with Crippen LogP contribution in [0.15, 0.2) is 24.3 Å². The van der Waals surface area contributed by atoms with Crippen LogP contribution < -0.4 is 15.4 Å². The summed E-state index contributed by atoms with van der Waals surface area (Å²) in [5.74, 6) is -2.58. The van der Waals surface area contributed by atoms with Crippen LogP contribution in [0.5, 0.6) is 5.75 Å². The molecule has 2 rings (SSSR count). The number of carbonyl (C=O) groups is 4. The molecule has 1 unspecified atom stereocenters. The first kappa shape index (κ1) is 34.9. The maximum Gasteiger partial charge on any atom is 0.320 e. The summed E-state index contributed by atoms with van der Waals surface area (Å²) in [5.41, 5.74) is 1.24. The Bertz CT molecular complexity index is 949. The van der Waals surface area contributed by atoms with E-state index in [2.05, 4.69) is 17.6 Å². The van der Waals surface area contributed by atoms with Gasteiger partial charge in [0.1, 0.15) is 11.8 Å². The fourth-order valence-electron chi connectivity index (χ4n) is 4.76. The lowest BCUT2D eigenvalue weighted by atomic mass is 10.1. The van der Waals surface area contributed by atoms with Crippen LogP contribution in [0.3, 0.4) is 0 Å². The van der Waals surface area contributed by atoms with E-state index >= 15 is 0 Å². The summed E-state index contributed by atoms with van der Waals surface area (Å²) in [6.45, 7) is 6.43. The van der Waals surface area contributed by atoms with Gasteiger partial charge in [0.25, 0.3) is 0 Å². The van der Waals surface area contributed by atoms with E-state index in [9.17, 15) is 34.5 Å². The van der Waals surface area contributed by atoms with Gasteiger partial charge in [-0.05, 0) is 56.5 Å². The maximum atomic E-state index is 12.5. The first-order valence-corrected chi connectivity index (χ1v) is 14.7. The minimum Gasteiger partial charge on any atom is -0.494 e. The number of hydrogen-bond acceptors (Lipinski definition) is 9. The molecule has 5 N–H and O–H groups in total. The van der Waals surface area contributed by atoms with Crippen molar-refractivity contribution in [3.05, 3.63) is 29.8 Å². The Morgan fingerprint density at radius 2 is 1.45 bits per heavy atom. The highest BCUT2D eigenvalue weighted by atomic mass is 16.5. The number of benzene rings is 1. The average Bonchev–Trinajstić information content (AvgIpc) is 3.02. The minimum atomic E-state index is -1.08. The Morgan fingerprint density at radius 3 is 2.00 bits per heavy atom. The number of aliphatic carboxylic acids is 3. The van der Waals surface area contributed by atoms with E-state index < -0.39 is 23.9 Å². The zero-order valence-electron chi connectivity index (χ0n) is 24.6. The lowest BCUT2D eigenvalue weighted by Crippen LogP contribution is -2.47. The van der Waals surface area contributed by atoms with Crippen LogP contribution in [-0.2, 0) is 25.6 Å². The fourth-order valence-corrected chi connectivity index (χ4v) is 4.76. The number of carboxylic acid groups (broad SMARTS) is 3. The van der Waals surface area contributed by atoms with Gasteiger partial charge in [-0.3, -0.25) is 33.9 Å². The zero-order chi connectivity index (χ0) is 30.7. The lowest BCUT2D eigenvalue weighted by Gasteiger charge is -2.30. The zero-order valence-corrected chi connectivity index (χ0v) is 24.6. The summed E-state index contributed by atoms with van der Waals surface area (Å²) in [7, 11) is 0. The van der Waals surface area contributed by atoms with Gasteiger partial charge in [0.15, 0.2) is 0 Å². The Hall–Kier alpha value is -3.26. The summed E-state index contributed by atoms with van der Waals surface area (Å²) in [4.78, 5) is 52.2. The first-order chi connectivity index (χ1) is 20.2. The van der Waals surface area contributed by atoms with Gasteiger partial charge in [0.2, 0.25) is 5.91 Å². The molecule has 0 spiro atoms. The van der Waals surface area contributed by atoms with Crippen LogP contribution >= 0.6 is 0 Å². The fraction of sp³-hybridized carbons (Fsp3) is 0.655. The molecule has 13 nitrogen and oxygen atoms in total. The van der Waals surface area contributed by atoms with E-state index in [4.69, 9.17) is 4.74 Å². The predicted octanol–water partition coefficient (Wildman–Crippen LogP) is 0.436. The van der Waals surface area contributed by atoms with E-state index in [1.165, 1.54) is 5.56 Å². The van der Waals surface area contributed by atoms with Crippen molar-refractivity contribution in [3.8, 4) is 5.75 Å². The van der Waals surface area contributed by atoms with Crippen molar-refractivity contribution in [3.63, 3.8) is 0 Å². The second-order valence-electron chi connectivity index (χ2n) is 10.5. The molecule has 1 heterocycles. The highest BCUT2D eigenvalue weighted by molar-refractivity contribution is 5.78. The summed E-state index contributed by atoms with van der Waals surface area (Å²) >= 11 is 0. The predicted molar refractivity (Wildman–Crippen MR) is 157 cm³/mol. The summed E-state index contributed by atoms with van der Waals surface area (Å²) in [5, 5.41) is 34.6. The Kier molecular flexibility index (Phi) is 16.5. The molecule has 1 aliphatic rings. The molecule has 1 aromatic carbocycles. The van der Waals surface area contributed by atoms with E-state index in [1.54, 1.807) is 14.7 Å². The topological polar surface area (TPSA) is 172 Å². The molecule has 1 atom stereocenters. The van der Waals surface area contributed by atoms with Crippen molar-refractivity contribution >= 4 is 23.8 Å². The van der Waals surface area contributed by atoms with Crippen molar-refractivity contribution in [2.75, 3.05) is 78.6 Å². The summed E-state index contributed by atoms with van der Waals surface area (Å²) in [6, 6.07) is 7.01. The third-order valence-electron chi connectivity index (χ3n) is 7.08. The Balaban J connectivity index is 1.77. The molecule has 0 radical (unpaired) electrons. The first-order valence-electron chi connectivity index (χ1n) is 14.7. The molecule has 1 amide bonds. The lowest BCUT2D eigenvalue weighted by molar-refractivity contribution is -0.144. The van der Waals surface area contributed by atoms with Crippen LogP contribution in [0, 0.1) is 0 Å². The van der Waals surface area contributed by atoms with Gasteiger partial charge in [-0.2, -0.15) is 0 Å². The third kappa shape index (κ3) is 14.6. The number of rotatable bonds is 19. The normalized spacial score (nSPS) is 16.1. The van der Waals surface area contributed by atoms with E-state index in [0.29, 0.717) is 58.8 Å². The van der Waals surface area contributed by atoms with Crippen LogP contribution in [-0.4, -0.2) is 138 Å². The second kappa shape index (κ2) is 19.8. The molecule has 0 saturated carbocycles. The maximum absolute atomic E-state index is 12.5. The Labute approximate surface area is 247 Å². The van der Waals surface area contributed by atoms with E-state index in [-0.39, 0.29) is 31.8 Å². The highest BCUT2D eigenvalue weighted by Gasteiger charge is 2.28. The molecule has 0 aromatic heterocycles. The molecule has 236 valence electrons. The van der Waals surface area contributed by atoms with Gasteiger partial charge in [-0.25, -0.2) is 0 Å². The number of hydrogen-bond donors (Lipinski definition) is 5. The molecular formula is C29H47N5O8. The van der Waals surface area contributed by atoms with Crippen molar-refractivity contribution in [2.45, 2.75) is 45.1 Å². The molecule has 1 aliphatic heterocycles. The molecular weight excluding hydrogens is 546 g/mol. The van der Waals surface area contributed by atoms with Crippen LogP contribution in [0.25, 0.3) is 0 Å². The van der Waals surface area contributed by atoms with Gasteiger partial charge < -0.3 is 30.7 Å². The molecule has 0 bridgehead atoms. The number of ether oxygens (including phenoxy) is 1. The number of nitrogens with one attached hydrogen (secondary N) is 2. The van der Waals surface area contributed by atoms with Gasteiger partial charge in [-0.1, -0.05) is 19.1 Å². The standard InChI is InChI=1S/C29H47N5O8/c1-2-11-30-13-10-23-4-6-24(7-5-23)42-20-3-12-31-26(35)9-8-25(29(40)41)34-18-16-32(21-27(36)37)14-15-33(17-19-34)22-28(38)39/h4-7,25,30H,2-3,8-22H2,1H3,(H,31,35)(H,36,37)(H,38,39)(H,40,41). The molecule has 1 saturated heterocycles.